The average Bonchev–Trinajstić information content (AvgIpc) is 0.869. The number of phenols is 2. The van der Waals surface area contributed by atoms with Crippen molar-refractivity contribution < 1.29 is 93.6 Å². The first-order chi connectivity index (χ1) is 59.9. The molecule has 1 fully saturated rings. The van der Waals surface area contributed by atoms with Crippen LogP contribution in [0.15, 0.2) is 226 Å². The second kappa shape index (κ2) is 48.2. The van der Waals surface area contributed by atoms with Crippen molar-refractivity contribution in [3.8, 4) is 28.7 Å². The number of nitrogens with one attached hydrogen (secondary N) is 4. The van der Waals surface area contributed by atoms with Crippen LogP contribution >= 0.6 is 23.2 Å². The maximum absolute atomic E-state index is 13.7. The minimum absolute atomic E-state index is 0. The number of phenolic OH excluding ortho intramolecular Hbond substituents is 2. The molecule has 9 aromatic carbocycles. The van der Waals surface area contributed by atoms with Gasteiger partial charge in [-0.05, 0) is 218 Å². The Kier molecular flexibility index (Phi) is 38.5. The molecule has 30 nitrogen and oxygen atoms in total. The quantitative estimate of drug-likeness (QED) is 0.00802. The summed E-state index contributed by atoms with van der Waals surface area (Å²) in [6, 6.07) is 58.2. The number of hydrogen-bond acceptors (Lipinski definition) is 23. The number of Topliss-reactive ketones (excluding diaryl/α,β-unsaturated/α-hetero) is 2. The number of amidine groups is 3. The number of ether oxygens (including phenoxy) is 3. The number of aromatic carboxylic acids is 1. The number of hydrogen-bond donors (Lipinski definition) is 16. The van der Waals surface area contributed by atoms with Crippen LogP contribution in [-0.2, 0) is 27.2 Å². The first kappa shape index (κ1) is 101. The smallest absolute Gasteiger partial charge is 0.545 e. The van der Waals surface area contributed by atoms with Crippen molar-refractivity contribution in [1.29, 1.82) is 10.8 Å². The van der Waals surface area contributed by atoms with Crippen LogP contribution in [0.1, 0.15) is 93.0 Å². The SMILES string of the molecule is CN(C)c1ccc(O)c2c1C[C@H]1C[C@H]3C(N(C)C)C(=O)C(C(N)=O)=C(O)[C@@]3(O)C(=O)C1=C2O.Cc1ccc(Cl)c(Nc2ccccc2C(=O)[O-])c1Cl.Cc1ccc(N(CC2=NCCN2)c2cccc(O)c2)cc1.Cc1cccc(C)c1OCC(C)N.N=C(N)c1ccc(OCCCCCOc2ccc(C(=N)N)cc2)cc1.NC(N)=NC(N)=NCCc1ccccc1.[Na+]. The molecule has 0 aromatic heterocycles. The number of likely N-dealkylation sites (N-methyl/N-ethyl adjacent to an activating group) is 1. The monoisotopic (exact) mass is 1780 g/mol. The molecule has 1 saturated carbocycles. The molecule has 33 heteroatoms. The van der Waals surface area contributed by atoms with Gasteiger partial charge in [-0.1, -0.05) is 120 Å². The number of halogens is 2. The number of fused-ring (bicyclic) bond motifs is 3. The number of carbonyl (C=O) groups excluding carboxylic acids is 4. The number of carboxylic acid groups (broad SMARTS) is 1. The van der Waals surface area contributed by atoms with Crippen LogP contribution in [0.3, 0.4) is 0 Å². The van der Waals surface area contributed by atoms with Crippen LogP contribution in [0.2, 0.25) is 10.0 Å². The van der Waals surface area contributed by atoms with Crippen molar-refractivity contribution in [1.82, 2.24) is 10.2 Å². The summed E-state index contributed by atoms with van der Waals surface area (Å²) in [5.74, 6) is -3.85. The number of carbonyl (C=O) groups is 4. The van der Waals surface area contributed by atoms with Crippen LogP contribution < -0.4 is 109 Å². The summed E-state index contributed by atoms with van der Waals surface area (Å²) in [5.41, 5.74) is 45.3. The second-order valence-corrected chi connectivity index (χ2v) is 31.5. The van der Waals surface area contributed by atoms with E-state index in [2.05, 4.69) is 61.7 Å². The van der Waals surface area contributed by atoms with Crippen molar-refractivity contribution in [2.24, 2.45) is 66.9 Å². The standard InChI is InChI=1S/C23H27N3O7.C19H24N4O2.C17H19N3O.C14H11Cl2NO2.C11H17NO.C10H15N5.Na/c1-25(2)12-5-6-13(27)15-10(12)7-9-8-11-17(26(3)4)19(29)16(22(24)32)21(31)23(11,33)20(30)14(9)18(15)28;20-18(21)14-4-8-16(9-5-14)24-12-2-1-3-13-25-17-10-6-15(7-11-17)19(22)23;1-13-5-7-14(8-6-13)20(12-17-18-9-10-19-17)15-3-2-4-16(21)11-15;1-8-6-7-10(15)13(12(8)16)17-11-5-3-2-4-9(11)14(18)19;1-8-5-4-6-9(2)11(8)13-7-10(3)12;11-9(12)15-10(13)14-7-6-8-4-2-1-3-5-8;/h5-6,9,11,17,27-28,31,33H,7-8H2,1-4H3,(H2,24,32);4-11H,1-3,12-13H2,(H3,20,21)(H3,22,23);2-8,11,21H,9-10,12H2,1H3,(H,18,19);2-7,17H,1H3,(H,18,19);4-6,10H,7,12H2,1-3H3;1-5H,6-7H2,(H6,11,12,13,14,15);/q;;;;;;+1/p-1/t9-,11-,17?,23-;;;;;;/m0....../s1. The fraction of sp³-hybridized carbons (Fsp3) is 0.287. The molecule has 9 aromatic rings. The minimum Gasteiger partial charge on any atom is -0.545 e. The third kappa shape index (κ3) is 27.9. The molecule has 127 heavy (non-hydrogen) atoms. The van der Waals surface area contributed by atoms with Gasteiger partial charge in [0, 0.05) is 90.2 Å². The summed E-state index contributed by atoms with van der Waals surface area (Å²) < 4.78 is 16.9. The predicted octanol–water partition coefficient (Wildman–Crippen LogP) is 8.01. The Balaban J connectivity index is 0.000000214. The number of nitrogens with two attached hydrogens (primary N) is 7. The van der Waals surface area contributed by atoms with Crippen molar-refractivity contribution in [3.63, 3.8) is 0 Å². The topological polar surface area (TPSA) is 521 Å². The fourth-order valence-corrected chi connectivity index (χ4v) is 14.8. The van der Waals surface area contributed by atoms with Gasteiger partial charge >= 0.3 is 29.6 Å². The van der Waals surface area contributed by atoms with Crippen LogP contribution in [0.25, 0.3) is 5.76 Å². The number of aliphatic hydroxyl groups is 3. The number of aliphatic imine (C=N–C) groups is 3. The number of aryl methyl sites for hydroxylation is 4. The number of guanidine groups is 2. The number of unbranched alkanes of at least 4 members (excludes halogenated alkanes) is 2. The number of benzene rings is 9. The third-order valence-electron chi connectivity index (χ3n) is 20.6. The molecule has 0 spiro atoms. The Hall–Kier alpha value is -12.7. The van der Waals surface area contributed by atoms with Crippen LogP contribution in [0.4, 0.5) is 28.4 Å². The summed E-state index contributed by atoms with van der Waals surface area (Å²) >= 11 is 12.2. The van der Waals surface area contributed by atoms with Crippen LogP contribution in [0.5, 0.6) is 28.7 Å². The van der Waals surface area contributed by atoms with E-state index in [-0.39, 0.29) is 100 Å². The van der Waals surface area contributed by atoms with E-state index in [1.807, 2.05) is 132 Å². The molecule has 0 saturated heterocycles. The first-order valence-electron chi connectivity index (χ1n) is 40.5. The van der Waals surface area contributed by atoms with Crippen LogP contribution in [0, 0.1) is 50.3 Å². The second-order valence-electron chi connectivity index (χ2n) is 30.7. The molecule has 0 radical (unpaired) electrons. The van der Waals surface area contributed by atoms with E-state index in [4.69, 9.17) is 88.4 Å². The van der Waals surface area contributed by atoms with E-state index in [1.54, 1.807) is 86.9 Å². The van der Waals surface area contributed by atoms with Crippen molar-refractivity contribution in [2.75, 3.05) is 89.3 Å². The Labute approximate surface area is 772 Å². The molecule has 1 amide bonds. The maximum atomic E-state index is 13.7. The van der Waals surface area contributed by atoms with Gasteiger partial charge in [-0.3, -0.25) is 40.1 Å². The Morgan fingerprint density at radius 2 is 1.30 bits per heavy atom. The van der Waals surface area contributed by atoms with Gasteiger partial charge in [0.25, 0.3) is 5.91 Å². The van der Waals surface area contributed by atoms with Gasteiger partial charge in [-0.2, -0.15) is 4.99 Å². The number of amides is 1. The summed E-state index contributed by atoms with van der Waals surface area (Å²) in [6.45, 7) is 14.8. The molecule has 1 aliphatic heterocycles. The zero-order valence-electron chi connectivity index (χ0n) is 73.0. The van der Waals surface area contributed by atoms with Crippen molar-refractivity contribution in [3.05, 3.63) is 277 Å². The van der Waals surface area contributed by atoms with E-state index >= 15 is 0 Å². The number of anilines is 5. The summed E-state index contributed by atoms with van der Waals surface area (Å²) in [7, 11) is 6.75. The molecule has 666 valence electrons. The number of rotatable bonds is 26. The van der Waals surface area contributed by atoms with Crippen LogP contribution in [-0.4, -0.2) is 175 Å². The third-order valence-corrected chi connectivity index (χ3v) is 21.4. The average molecular weight is 1780 g/mol. The van der Waals surface area contributed by atoms with Gasteiger partial charge in [-0.25, -0.2) is 0 Å². The van der Waals surface area contributed by atoms with E-state index in [0.29, 0.717) is 71.0 Å². The Morgan fingerprint density at radius 1 is 0.709 bits per heavy atom. The number of aromatic hydroxyl groups is 2. The molecular formula is C94H112Cl2N17NaO13. The number of carboxylic acids is 1. The van der Waals surface area contributed by atoms with E-state index in [1.165, 1.54) is 39.3 Å². The number of nitrogens with zero attached hydrogens (tertiary/aromatic N) is 6. The molecular weight excluding hydrogens is 1670 g/mol. The molecule has 5 atom stereocenters. The number of aliphatic hydroxyl groups excluding tert-OH is 2. The maximum Gasteiger partial charge on any atom is 1.00 e. The van der Waals surface area contributed by atoms with E-state index < -0.39 is 64.0 Å². The molecule has 23 N–H and O–H groups in total. The molecule has 1 heterocycles. The van der Waals surface area contributed by atoms with Gasteiger partial charge in [0.2, 0.25) is 11.7 Å². The predicted molar refractivity (Wildman–Crippen MR) is 498 cm³/mol. The normalized spacial score (nSPS) is 16.0. The molecule has 4 aliphatic rings. The first-order valence-corrected chi connectivity index (χ1v) is 41.3. The number of ketones is 2. The minimum atomic E-state index is -2.63. The van der Waals surface area contributed by atoms with Crippen molar-refractivity contribution in [2.45, 2.75) is 90.8 Å². The Morgan fingerprint density at radius 3 is 1.83 bits per heavy atom. The van der Waals surface area contributed by atoms with Gasteiger partial charge in [0.05, 0.1) is 59.6 Å². The van der Waals surface area contributed by atoms with Gasteiger partial charge in [0.1, 0.15) is 70.0 Å². The van der Waals surface area contributed by atoms with E-state index in [0.717, 1.165) is 84.5 Å². The molecule has 0 bridgehead atoms. The summed E-state index contributed by atoms with van der Waals surface area (Å²) in [4.78, 5) is 67.3. The van der Waals surface area contributed by atoms with E-state index in [9.17, 15) is 49.8 Å². The van der Waals surface area contributed by atoms with Gasteiger partial charge in [0.15, 0.2) is 17.3 Å². The zero-order chi connectivity index (χ0) is 92.2. The Bertz CT molecular complexity index is 5400. The molecule has 2 unspecified atom stereocenters. The van der Waals surface area contributed by atoms with Gasteiger partial charge in [-0.15, -0.1) is 0 Å². The summed E-state index contributed by atoms with van der Waals surface area (Å²) in [6.07, 6.45) is 4.05. The molecule has 3 aliphatic carbocycles. The number of para-hydroxylation sites is 2. The largest absolute Gasteiger partial charge is 1.00 e. The molecule has 13 rings (SSSR count). The number of nitrogen functional groups attached to an aromatic ring is 2. The van der Waals surface area contributed by atoms with Gasteiger partial charge < -0.3 is 110 Å². The van der Waals surface area contributed by atoms with Crippen molar-refractivity contribution >= 4 is 110 Å². The summed E-state index contributed by atoms with van der Waals surface area (Å²) in [5, 5.41) is 86.5. The fourth-order valence-electron chi connectivity index (χ4n) is 14.3. The zero-order valence-corrected chi connectivity index (χ0v) is 76.5. The number of primary amides is 1.